The van der Waals surface area contributed by atoms with Gasteiger partial charge in [0.2, 0.25) is 5.79 Å². The van der Waals surface area contributed by atoms with Crippen molar-refractivity contribution in [3.8, 4) is 0 Å². The zero-order chi connectivity index (χ0) is 16.5. The normalized spacial score (nSPS) is 24.6. The van der Waals surface area contributed by atoms with Crippen LogP contribution in [-0.2, 0) is 10.5 Å². The molecule has 7 heteroatoms. The molecule has 1 aromatic rings. The first-order valence-electron chi connectivity index (χ1n) is 6.89. The highest BCUT2D eigenvalue weighted by atomic mass is 35.5. The van der Waals surface area contributed by atoms with E-state index in [1.54, 1.807) is 13.8 Å². The van der Waals surface area contributed by atoms with Gasteiger partial charge in [-0.05, 0) is 26.0 Å². The van der Waals surface area contributed by atoms with Crippen molar-refractivity contribution in [2.45, 2.75) is 37.5 Å². The first kappa shape index (κ1) is 16.5. The molecule has 1 aromatic carbocycles. The minimum Gasteiger partial charge on any atom is -0.465 e. The van der Waals surface area contributed by atoms with Crippen molar-refractivity contribution in [3.05, 3.63) is 35.4 Å². The van der Waals surface area contributed by atoms with Crippen molar-refractivity contribution in [2.24, 2.45) is 0 Å². The van der Waals surface area contributed by atoms with Crippen molar-refractivity contribution in [2.75, 3.05) is 6.54 Å². The number of esters is 1. The maximum Gasteiger partial charge on any atom is 0.410 e. The molecule has 2 atom stereocenters. The summed E-state index contributed by atoms with van der Waals surface area (Å²) in [6, 6.07) is 5.75. The highest BCUT2D eigenvalue weighted by Gasteiger charge is 2.50. The van der Waals surface area contributed by atoms with Gasteiger partial charge in [0, 0.05) is 18.5 Å². The maximum atomic E-state index is 15.2. The number of carboxylic acid groups (broad SMARTS) is 1. The Labute approximate surface area is 132 Å². The van der Waals surface area contributed by atoms with Gasteiger partial charge in [0.05, 0.1) is 17.0 Å². The lowest BCUT2D eigenvalue weighted by Gasteiger charge is -2.29. The molecule has 1 N–H and O–H groups in total. The summed E-state index contributed by atoms with van der Waals surface area (Å²) < 4.78 is 20.3. The summed E-state index contributed by atoms with van der Waals surface area (Å²) in [5, 5.41) is 8.54. The maximum absolute atomic E-state index is 15.2. The molecule has 2 rings (SSSR count). The number of hydrogen-bond acceptors (Lipinski definition) is 3. The molecule has 2 unspecified atom stereocenters. The predicted molar refractivity (Wildman–Crippen MR) is 78.8 cm³/mol. The van der Waals surface area contributed by atoms with Crippen molar-refractivity contribution < 1.29 is 23.8 Å². The van der Waals surface area contributed by atoms with Crippen molar-refractivity contribution in [3.63, 3.8) is 0 Å². The number of carbonyl (C=O) groups is 2. The number of benzene rings is 1. The number of hydrogen-bond donors (Lipinski definition) is 1. The number of alkyl halides is 2. The second-order valence-electron chi connectivity index (χ2n) is 5.49. The molecule has 120 valence electrons. The van der Waals surface area contributed by atoms with Crippen LogP contribution < -0.4 is 0 Å². The fourth-order valence-electron chi connectivity index (χ4n) is 2.48. The molecule has 1 amide bonds. The number of carbonyl (C=O) groups excluding carboxylic acids is 1. The number of halogens is 2. The molecule has 1 aliphatic rings. The Morgan fingerprint density at radius 3 is 2.77 bits per heavy atom. The fourth-order valence-corrected chi connectivity index (χ4v) is 2.82. The van der Waals surface area contributed by atoms with Gasteiger partial charge >= 0.3 is 12.1 Å². The third kappa shape index (κ3) is 3.16. The van der Waals surface area contributed by atoms with Gasteiger partial charge in [-0.3, -0.25) is 4.90 Å². The third-order valence-electron chi connectivity index (χ3n) is 3.41. The Morgan fingerprint density at radius 1 is 1.50 bits per heavy atom. The van der Waals surface area contributed by atoms with Gasteiger partial charge in [0.1, 0.15) is 0 Å². The van der Waals surface area contributed by atoms with Crippen molar-refractivity contribution >= 4 is 23.7 Å². The first-order chi connectivity index (χ1) is 10.2. The van der Waals surface area contributed by atoms with Gasteiger partial charge < -0.3 is 9.84 Å². The Morgan fingerprint density at radius 2 is 2.18 bits per heavy atom. The highest BCUT2D eigenvalue weighted by molar-refractivity contribution is 6.21. The summed E-state index contributed by atoms with van der Waals surface area (Å²) in [4.78, 5) is 23.8. The molecule has 0 spiro atoms. The number of ether oxygens (including phenoxy) is 1. The number of nitrogens with zero attached hydrogens (tertiary/aromatic N) is 1. The van der Waals surface area contributed by atoms with Gasteiger partial charge in [-0.1, -0.05) is 12.1 Å². The standard InChI is InChI=1S/C15H17ClFNO4/c1-9(2)22-13(19)10-4-3-5-11(6-10)15(17)7-12(16)8-18(15)14(20)21/h3-6,9,12H,7-8H2,1-2H3,(H,20,21). The second kappa shape index (κ2) is 6.12. The van der Waals surface area contributed by atoms with Crippen LogP contribution in [0.1, 0.15) is 36.2 Å². The minimum absolute atomic E-state index is 0.0799. The molecule has 1 saturated heterocycles. The number of rotatable bonds is 3. The zero-order valence-electron chi connectivity index (χ0n) is 12.3. The minimum atomic E-state index is -2.24. The van der Waals surface area contributed by atoms with E-state index in [1.807, 2.05) is 0 Å². The van der Waals surface area contributed by atoms with Gasteiger partial charge in [0.15, 0.2) is 0 Å². The molecule has 0 saturated carbocycles. The Kier molecular flexibility index (Phi) is 4.60. The van der Waals surface area contributed by atoms with Gasteiger partial charge in [-0.25, -0.2) is 14.0 Å². The molecule has 1 fully saturated rings. The van der Waals surface area contributed by atoms with Crippen LogP contribution in [-0.4, -0.2) is 40.1 Å². The molecular formula is C15H17ClFNO4. The average Bonchev–Trinajstić information content (AvgIpc) is 2.75. The Balaban J connectivity index is 2.36. The molecule has 22 heavy (non-hydrogen) atoms. The third-order valence-corrected chi connectivity index (χ3v) is 3.71. The zero-order valence-corrected chi connectivity index (χ0v) is 13.0. The van der Waals surface area contributed by atoms with Crippen LogP contribution in [0.5, 0.6) is 0 Å². The smallest absolute Gasteiger partial charge is 0.410 e. The Hall–Kier alpha value is -1.82. The topological polar surface area (TPSA) is 66.8 Å². The molecule has 0 aliphatic carbocycles. The molecular weight excluding hydrogens is 313 g/mol. The Bertz CT molecular complexity index is 595. The first-order valence-corrected chi connectivity index (χ1v) is 7.32. The lowest BCUT2D eigenvalue weighted by Crippen LogP contribution is -2.41. The lowest BCUT2D eigenvalue weighted by atomic mass is 9.99. The summed E-state index contributed by atoms with van der Waals surface area (Å²) >= 11 is 5.92. The molecule has 0 radical (unpaired) electrons. The van der Waals surface area contributed by atoms with E-state index in [4.69, 9.17) is 21.4 Å². The number of amides is 1. The van der Waals surface area contributed by atoms with E-state index in [-0.39, 0.29) is 30.2 Å². The van der Waals surface area contributed by atoms with Gasteiger partial charge in [0.25, 0.3) is 0 Å². The summed E-state index contributed by atoms with van der Waals surface area (Å²) in [5.41, 5.74) is 0.253. The molecule has 1 heterocycles. The quantitative estimate of drug-likeness (QED) is 0.524. The van der Waals surface area contributed by atoms with Crippen LogP contribution in [0.3, 0.4) is 0 Å². The largest absolute Gasteiger partial charge is 0.465 e. The number of likely N-dealkylation sites (tertiary alicyclic amines) is 1. The van der Waals surface area contributed by atoms with E-state index in [1.165, 1.54) is 24.3 Å². The molecule has 0 bridgehead atoms. The van der Waals surface area contributed by atoms with Gasteiger partial charge in [-0.15, -0.1) is 11.6 Å². The molecule has 0 aromatic heterocycles. The van der Waals surface area contributed by atoms with E-state index in [2.05, 4.69) is 0 Å². The fraction of sp³-hybridized carbons (Fsp3) is 0.467. The lowest BCUT2D eigenvalue weighted by molar-refractivity contribution is 0.00654. The second-order valence-corrected chi connectivity index (χ2v) is 6.11. The van der Waals surface area contributed by atoms with E-state index < -0.39 is 23.2 Å². The summed E-state index contributed by atoms with van der Waals surface area (Å²) in [6.45, 7) is 3.31. The highest BCUT2D eigenvalue weighted by Crippen LogP contribution is 2.42. The van der Waals surface area contributed by atoms with E-state index in [0.717, 1.165) is 0 Å². The van der Waals surface area contributed by atoms with Crippen LogP contribution in [0.25, 0.3) is 0 Å². The summed E-state index contributed by atoms with van der Waals surface area (Å²) in [5.74, 6) is -2.82. The van der Waals surface area contributed by atoms with Crippen LogP contribution in [0.4, 0.5) is 9.18 Å². The monoisotopic (exact) mass is 329 g/mol. The van der Waals surface area contributed by atoms with Gasteiger partial charge in [-0.2, -0.15) is 0 Å². The van der Waals surface area contributed by atoms with Crippen LogP contribution in [0.2, 0.25) is 0 Å². The summed E-state index contributed by atoms with van der Waals surface area (Å²) in [7, 11) is 0. The van der Waals surface area contributed by atoms with Crippen molar-refractivity contribution in [1.82, 2.24) is 4.90 Å². The van der Waals surface area contributed by atoms with Crippen molar-refractivity contribution in [1.29, 1.82) is 0 Å². The summed E-state index contributed by atoms with van der Waals surface area (Å²) in [6.07, 6.45) is -1.85. The average molecular weight is 330 g/mol. The van der Waals surface area contributed by atoms with Crippen LogP contribution in [0, 0.1) is 0 Å². The van der Waals surface area contributed by atoms with Crippen LogP contribution in [0.15, 0.2) is 24.3 Å². The molecule has 1 aliphatic heterocycles. The van der Waals surface area contributed by atoms with E-state index in [9.17, 15) is 9.59 Å². The predicted octanol–water partition coefficient (Wildman–Crippen LogP) is 3.37. The van der Waals surface area contributed by atoms with Crippen LogP contribution >= 0.6 is 11.6 Å². The van der Waals surface area contributed by atoms with E-state index >= 15 is 4.39 Å². The SMILES string of the molecule is CC(C)OC(=O)c1cccc(C2(F)CC(Cl)CN2C(=O)O)c1. The van der Waals surface area contributed by atoms with E-state index in [0.29, 0.717) is 4.90 Å². The molecule has 5 nitrogen and oxygen atoms in total.